The molecule has 1 aromatic carbocycles. The Morgan fingerprint density at radius 2 is 1.83 bits per heavy atom. The first-order chi connectivity index (χ1) is 14.4. The molecule has 2 fully saturated rings. The van der Waals surface area contributed by atoms with E-state index in [1.54, 1.807) is 4.90 Å². The second-order valence-electron chi connectivity index (χ2n) is 8.27. The Balaban J connectivity index is 1.33. The minimum Gasteiger partial charge on any atom is -0.456 e. The first kappa shape index (κ1) is 20.9. The van der Waals surface area contributed by atoms with E-state index >= 15 is 0 Å². The fourth-order valence-electron chi connectivity index (χ4n) is 4.72. The number of aromatic nitrogens is 1. The van der Waals surface area contributed by atoms with Gasteiger partial charge >= 0.3 is 5.97 Å². The van der Waals surface area contributed by atoms with Crippen LogP contribution in [0.1, 0.15) is 38.5 Å². The Hall–Kier alpha value is -2.35. The summed E-state index contributed by atoms with van der Waals surface area (Å²) in [5.41, 5.74) is 1.05. The van der Waals surface area contributed by atoms with Crippen molar-refractivity contribution >= 4 is 32.6 Å². The average molecular weight is 433 g/mol. The van der Waals surface area contributed by atoms with Gasteiger partial charge in [-0.1, -0.05) is 31.0 Å². The normalized spacial score (nSPS) is 21.1. The summed E-state index contributed by atoms with van der Waals surface area (Å²) in [5.74, 6) is -0.557. The van der Waals surface area contributed by atoms with E-state index < -0.39 is 15.8 Å². The highest BCUT2D eigenvalue weighted by Crippen LogP contribution is 2.29. The molecule has 1 atom stereocenters. The van der Waals surface area contributed by atoms with E-state index in [9.17, 15) is 18.0 Å². The van der Waals surface area contributed by atoms with Gasteiger partial charge in [0, 0.05) is 30.3 Å². The number of nitrogens with zero attached hydrogens (tertiary/aromatic N) is 2. The molecule has 4 rings (SSSR count). The molecule has 2 aliphatic rings. The second-order valence-corrected chi connectivity index (χ2v) is 10.5. The fourth-order valence-corrected chi connectivity index (χ4v) is 6.43. The van der Waals surface area contributed by atoms with Crippen molar-refractivity contribution in [1.29, 1.82) is 0 Å². The lowest BCUT2D eigenvalue weighted by Gasteiger charge is -2.33. The van der Waals surface area contributed by atoms with Crippen LogP contribution in [0.15, 0.2) is 36.5 Å². The fraction of sp³-hybridized carbons (Fsp3) is 0.545. The van der Waals surface area contributed by atoms with Crippen molar-refractivity contribution in [2.75, 3.05) is 18.1 Å². The summed E-state index contributed by atoms with van der Waals surface area (Å²) in [6, 6.07) is 9.70. The van der Waals surface area contributed by atoms with Gasteiger partial charge in [0.05, 0.1) is 17.9 Å². The Morgan fingerprint density at radius 1 is 1.07 bits per heavy atom. The zero-order valence-corrected chi connectivity index (χ0v) is 17.9. The third-order valence-corrected chi connectivity index (χ3v) is 7.95. The number of para-hydroxylation sites is 1. The van der Waals surface area contributed by atoms with E-state index in [1.165, 1.54) is 0 Å². The molecule has 1 amide bonds. The summed E-state index contributed by atoms with van der Waals surface area (Å²) in [4.78, 5) is 26.8. The molecular weight excluding hydrogens is 404 g/mol. The number of fused-ring (bicyclic) bond motifs is 1. The highest BCUT2D eigenvalue weighted by Gasteiger charge is 2.39. The van der Waals surface area contributed by atoms with Crippen molar-refractivity contribution < 1.29 is 22.7 Å². The maximum Gasteiger partial charge on any atom is 0.308 e. The van der Waals surface area contributed by atoms with Crippen LogP contribution in [-0.4, -0.2) is 60.0 Å². The van der Waals surface area contributed by atoms with Crippen LogP contribution in [-0.2, 0) is 30.7 Å². The van der Waals surface area contributed by atoms with Crippen LogP contribution in [0.3, 0.4) is 0 Å². The highest BCUT2D eigenvalue weighted by atomic mass is 32.2. The number of carbonyl (C=O) groups is 2. The van der Waals surface area contributed by atoms with Gasteiger partial charge in [0.25, 0.3) is 5.91 Å². The molecule has 1 unspecified atom stereocenters. The van der Waals surface area contributed by atoms with Crippen LogP contribution in [0.25, 0.3) is 10.9 Å². The van der Waals surface area contributed by atoms with Crippen LogP contribution in [0.5, 0.6) is 0 Å². The molecule has 2 heterocycles. The standard InChI is InChI=1S/C22H28N2O5S/c25-21(24(18-6-2-3-7-18)19-11-14-30(27,28)16-19)15-29-22(26)10-13-23-12-9-17-5-1-4-8-20(17)23/h1,4-5,8-9,12,18-19H,2-3,6-7,10-11,13-16H2. The van der Waals surface area contributed by atoms with E-state index in [4.69, 9.17) is 4.74 Å². The van der Waals surface area contributed by atoms with Crippen LogP contribution < -0.4 is 0 Å². The van der Waals surface area contributed by atoms with Gasteiger partial charge in [-0.05, 0) is 36.8 Å². The lowest BCUT2D eigenvalue weighted by molar-refractivity contribution is -0.154. The molecule has 1 saturated heterocycles. The molecule has 0 radical (unpaired) electrons. The van der Waals surface area contributed by atoms with Crippen molar-refractivity contribution in [3.63, 3.8) is 0 Å². The molecule has 1 aliphatic heterocycles. The van der Waals surface area contributed by atoms with E-state index in [0.29, 0.717) is 13.0 Å². The number of sulfone groups is 1. The van der Waals surface area contributed by atoms with Gasteiger partial charge in [-0.15, -0.1) is 0 Å². The number of hydrogen-bond donors (Lipinski definition) is 0. The van der Waals surface area contributed by atoms with Gasteiger partial charge in [0.2, 0.25) is 0 Å². The quantitative estimate of drug-likeness (QED) is 0.628. The van der Waals surface area contributed by atoms with Crippen molar-refractivity contribution in [2.45, 2.75) is 57.2 Å². The van der Waals surface area contributed by atoms with E-state index in [-0.39, 0.29) is 42.5 Å². The van der Waals surface area contributed by atoms with Crippen molar-refractivity contribution in [2.24, 2.45) is 0 Å². The minimum absolute atomic E-state index is 0.0177. The number of hydrogen-bond acceptors (Lipinski definition) is 5. The summed E-state index contributed by atoms with van der Waals surface area (Å²) in [5, 5.41) is 1.11. The molecule has 2 aromatic rings. The number of carbonyl (C=O) groups excluding carboxylic acids is 2. The Labute approximate surface area is 176 Å². The predicted octanol–water partition coefficient (Wildman–Crippen LogP) is 2.53. The lowest BCUT2D eigenvalue weighted by atomic mass is 10.1. The summed E-state index contributed by atoms with van der Waals surface area (Å²) < 4.78 is 31.1. The number of aryl methyl sites for hydroxylation is 1. The number of ether oxygens (including phenoxy) is 1. The third-order valence-electron chi connectivity index (χ3n) is 6.20. The molecule has 1 saturated carbocycles. The van der Waals surface area contributed by atoms with Crippen LogP contribution in [0.4, 0.5) is 0 Å². The number of esters is 1. The topological polar surface area (TPSA) is 85.7 Å². The van der Waals surface area contributed by atoms with Crippen molar-refractivity contribution in [3.8, 4) is 0 Å². The van der Waals surface area contributed by atoms with Gasteiger partial charge < -0.3 is 14.2 Å². The zero-order chi connectivity index (χ0) is 21.1. The monoisotopic (exact) mass is 432 g/mol. The third kappa shape index (κ3) is 4.69. The highest BCUT2D eigenvalue weighted by molar-refractivity contribution is 7.91. The van der Waals surface area contributed by atoms with Gasteiger partial charge in [-0.25, -0.2) is 8.42 Å². The Morgan fingerprint density at radius 3 is 2.57 bits per heavy atom. The molecule has 8 heteroatoms. The Bertz CT molecular complexity index is 1020. The van der Waals surface area contributed by atoms with Crippen LogP contribution in [0.2, 0.25) is 0 Å². The zero-order valence-electron chi connectivity index (χ0n) is 17.0. The van der Waals surface area contributed by atoms with E-state index in [1.807, 2.05) is 41.1 Å². The maximum absolute atomic E-state index is 12.9. The predicted molar refractivity (Wildman–Crippen MR) is 114 cm³/mol. The van der Waals surface area contributed by atoms with Crippen LogP contribution >= 0.6 is 0 Å². The summed E-state index contributed by atoms with van der Waals surface area (Å²) in [7, 11) is -3.09. The summed E-state index contributed by atoms with van der Waals surface area (Å²) >= 11 is 0. The molecule has 0 bridgehead atoms. The van der Waals surface area contributed by atoms with Gasteiger partial charge in [0.15, 0.2) is 16.4 Å². The molecule has 0 spiro atoms. The van der Waals surface area contributed by atoms with E-state index in [0.717, 1.165) is 36.6 Å². The van der Waals surface area contributed by atoms with Gasteiger partial charge in [-0.3, -0.25) is 9.59 Å². The van der Waals surface area contributed by atoms with Gasteiger partial charge in [0.1, 0.15) is 0 Å². The van der Waals surface area contributed by atoms with Crippen molar-refractivity contribution in [3.05, 3.63) is 36.5 Å². The SMILES string of the molecule is O=C(CCn1ccc2ccccc21)OCC(=O)N(C1CCCC1)C1CCS(=O)(=O)C1. The molecule has 30 heavy (non-hydrogen) atoms. The molecule has 1 aliphatic carbocycles. The first-order valence-electron chi connectivity index (χ1n) is 10.6. The van der Waals surface area contributed by atoms with Crippen molar-refractivity contribution in [1.82, 2.24) is 9.47 Å². The summed E-state index contributed by atoms with van der Waals surface area (Å²) in [6.07, 6.45) is 6.43. The molecule has 7 nitrogen and oxygen atoms in total. The molecular formula is C22H28N2O5S. The molecule has 0 N–H and O–H groups in total. The van der Waals surface area contributed by atoms with E-state index in [2.05, 4.69) is 0 Å². The number of benzene rings is 1. The smallest absolute Gasteiger partial charge is 0.308 e. The van der Waals surface area contributed by atoms with Gasteiger partial charge in [-0.2, -0.15) is 0 Å². The molecule has 1 aromatic heterocycles. The maximum atomic E-state index is 12.9. The molecule has 162 valence electrons. The first-order valence-corrected chi connectivity index (χ1v) is 12.5. The minimum atomic E-state index is -3.09. The lowest BCUT2D eigenvalue weighted by Crippen LogP contribution is -2.48. The van der Waals surface area contributed by atoms with Crippen LogP contribution in [0, 0.1) is 0 Å². The number of amides is 1. The average Bonchev–Trinajstić information content (AvgIpc) is 3.46. The largest absolute Gasteiger partial charge is 0.456 e. The number of rotatable bonds is 7. The Kier molecular flexibility index (Phi) is 6.13. The second kappa shape index (κ2) is 8.79. The summed E-state index contributed by atoms with van der Waals surface area (Å²) in [6.45, 7) is 0.159.